The van der Waals surface area contributed by atoms with Crippen molar-refractivity contribution in [3.63, 3.8) is 0 Å². The second-order valence-corrected chi connectivity index (χ2v) is 10.4. The SMILES string of the molecule is Cc1cccc(C(c2ccccc2)c2ccc(-c3ccc(N(c4ccccc4)c4cccc(C)c4)cc3)cc2)c1.[2H]P[3H]. The first kappa shape index (κ1) is 25.5. The summed E-state index contributed by atoms with van der Waals surface area (Å²) in [6.45, 7) is 4.30. The summed E-state index contributed by atoms with van der Waals surface area (Å²) in [6, 6.07) is 56.9. The molecule has 0 radical (unpaired) electrons. The number of para-hydroxylation sites is 1. The number of benzene rings is 6. The summed E-state index contributed by atoms with van der Waals surface area (Å²) < 4.78 is 11.8. The molecule has 0 aromatic heterocycles. The number of hydrogen-bond donors (Lipinski definition) is 0. The Balaban J connectivity index is 0.00000118. The molecule has 1 nitrogen and oxygen atoms in total. The molecule has 0 amide bonds. The Bertz CT molecular complexity index is 1590. The van der Waals surface area contributed by atoms with Crippen molar-refractivity contribution in [2.45, 2.75) is 19.8 Å². The quantitative estimate of drug-likeness (QED) is 0.141. The molecule has 0 aliphatic heterocycles. The van der Waals surface area contributed by atoms with Gasteiger partial charge in [0.15, 0.2) is 0 Å². The molecule has 0 aliphatic carbocycles. The summed E-state index contributed by atoms with van der Waals surface area (Å²) in [5.74, 6) is 0.200. The minimum absolute atomic E-state index is 0.200. The van der Waals surface area contributed by atoms with Crippen molar-refractivity contribution in [1.29, 1.82) is 2.56 Å². The molecule has 6 aromatic rings. The monoisotopic (exact) mass is 552 g/mol. The molecule has 6 rings (SSSR count). The third kappa shape index (κ3) is 6.32. The van der Waals surface area contributed by atoms with Crippen molar-refractivity contribution in [3.8, 4) is 11.1 Å². The number of aryl methyl sites for hydroxylation is 2. The van der Waals surface area contributed by atoms with E-state index in [0.717, 1.165) is 17.1 Å². The van der Waals surface area contributed by atoms with E-state index >= 15 is 0 Å². The Hall–Kier alpha value is -4.45. The van der Waals surface area contributed by atoms with Crippen LogP contribution in [0.1, 0.15) is 33.7 Å². The maximum atomic E-state index is 5.90. The summed E-state index contributed by atoms with van der Waals surface area (Å²) in [5, 5.41) is 0. The van der Waals surface area contributed by atoms with E-state index in [9.17, 15) is 0 Å². The normalized spacial score (nSPS) is 12.1. The summed E-state index contributed by atoms with van der Waals surface area (Å²) in [4.78, 5) is 2.31. The molecule has 2 atom stereocenters. The maximum absolute atomic E-state index is 5.90. The molecule has 0 N–H and O–H groups in total. The predicted molar refractivity (Wildman–Crippen MR) is 181 cm³/mol. The zero-order valence-corrected chi connectivity index (χ0v) is 24.5. The van der Waals surface area contributed by atoms with Crippen molar-refractivity contribution in [2.24, 2.45) is 0 Å². The Kier molecular flexibility index (Phi) is 7.97. The number of hydrogen-bond acceptors (Lipinski definition) is 1. The molecule has 41 heavy (non-hydrogen) atoms. The van der Waals surface area contributed by atoms with Gasteiger partial charge in [-0.05, 0) is 83.6 Å². The van der Waals surface area contributed by atoms with E-state index < -0.39 is 9.79 Å². The lowest BCUT2D eigenvalue weighted by atomic mass is 9.84. The average Bonchev–Trinajstić information content (AvgIpc) is 3.04. The van der Waals surface area contributed by atoms with Crippen LogP contribution < -0.4 is 4.90 Å². The van der Waals surface area contributed by atoms with Gasteiger partial charge in [0.25, 0.3) is 0 Å². The molecule has 0 heterocycles. The molecule has 0 saturated heterocycles. The summed E-state index contributed by atoms with van der Waals surface area (Å²) in [6.07, 6.45) is 0. The van der Waals surface area contributed by atoms with Crippen LogP contribution >= 0.6 is 9.79 Å². The van der Waals surface area contributed by atoms with E-state index in [4.69, 9.17) is 2.56 Å². The van der Waals surface area contributed by atoms with Crippen molar-refractivity contribution in [2.75, 3.05) is 4.90 Å². The van der Waals surface area contributed by atoms with E-state index in [2.05, 4.69) is 176 Å². The first-order chi connectivity index (χ1) is 21.1. The minimum Gasteiger partial charge on any atom is -0.310 e. The van der Waals surface area contributed by atoms with Crippen molar-refractivity contribution in [3.05, 3.63) is 186 Å². The zero-order valence-electron chi connectivity index (χ0n) is 25.5. The van der Waals surface area contributed by atoms with Gasteiger partial charge in [-0.25, -0.2) is 0 Å². The van der Waals surface area contributed by atoms with Gasteiger partial charge < -0.3 is 4.90 Å². The topological polar surface area (TPSA) is 3.24 Å². The van der Waals surface area contributed by atoms with Crippen molar-refractivity contribution < 1.29 is 0 Å². The first-order valence-electron chi connectivity index (χ1n) is 14.9. The highest BCUT2D eigenvalue weighted by Gasteiger charge is 2.17. The van der Waals surface area contributed by atoms with E-state index in [-0.39, 0.29) is 5.92 Å². The van der Waals surface area contributed by atoms with Crippen LogP contribution in [0.2, 0.25) is 0 Å². The third-order valence-corrected chi connectivity index (χ3v) is 7.49. The fourth-order valence-electron chi connectivity index (χ4n) is 5.53. The van der Waals surface area contributed by atoms with Gasteiger partial charge in [-0.3, -0.25) is 0 Å². The van der Waals surface area contributed by atoms with Crippen LogP contribution in [0.4, 0.5) is 17.1 Å². The van der Waals surface area contributed by atoms with Crippen LogP contribution in [-0.2, 0) is 0 Å². The Morgan fingerprint density at radius 3 is 1.59 bits per heavy atom. The largest absolute Gasteiger partial charge is 0.310 e. The second-order valence-electron chi connectivity index (χ2n) is 10.4. The van der Waals surface area contributed by atoms with E-state index in [1.54, 1.807) is 0 Å². The summed E-state index contributed by atoms with van der Waals surface area (Å²) >= 11 is 0. The molecule has 0 aliphatic rings. The molecule has 0 bridgehead atoms. The van der Waals surface area contributed by atoms with Gasteiger partial charge in [0.05, 0.1) is 2.56 Å². The van der Waals surface area contributed by atoms with Crippen LogP contribution in [0.3, 0.4) is 0 Å². The second kappa shape index (κ2) is 12.8. The molecule has 0 saturated carbocycles. The minimum atomic E-state index is -0.417. The third-order valence-electron chi connectivity index (χ3n) is 7.49. The van der Waals surface area contributed by atoms with Gasteiger partial charge in [0, 0.05) is 23.0 Å². The fourth-order valence-corrected chi connectivity index (χ4v) is 5.53. The van der Waals surface area contributed by atoms with E-state index in [1.807, 2.05) is 0 Å². The molecule has 2 unspecified atom stereocenters. The molecule has 0 fully saturated rings. The van der Waals surface area contributed by atoms with Crippen LogP contribution in [-0.4, -0.2) is 2.56 Å². The van der Waals surface area contributed by atoms with Crippen LogP contribution in [0.25, 0.3) is 11.1 Å². The molecular formula is C39H36NP. The molecule has 202 valence electrons. The standard InChI is InChI=1S/C39H33N.H3P/c1-29-11-9-15-35(27-29)39(33-13-5-3-6-14-33)34-21-19-31(20-22-34)32-23-25-37(26-24-32)40(36-16-7-4-8-17-36)38-18-10-12-30(2)28-38;/h3-28,39H,1-2H3;1H3/i;1TD. The molecular weight excluding hydrogens is 513 g/mol. The van der Waals surface area contributed by atoms with Gasteiger partial charge in [0.1, 0.15) is 0 Å². The highest BCUT2D eigenvalue weighted by Crippen LogP contribution is 2.37. The highest BCUT2D eigenvalue weighted by molar-refractivity contribution is 6.92. The highest BCUT2D eigenvalue weighted by atomic mass is 31.0. The van der Waals surface area contributed by atoms with Crippen molar-refractivity contribution in [1.82, 2.24) is 0 Å². The lowest BCUT2D eigenvalue weighted by Crippen LogP contribution is -2.09. The number of anilines is 3. The smallest absolute Gasteiger partial charge is 0.0511 e. The van der Waals surface area contributed by atoms with Gasteiger partial charge in [-0.2, -0.15) is 9.79 Å². The number of rotatable bonds is 7. The van der Waals surface area contributed by atoms with Crippen LogP contribution in [0, 0.1) is 13.8 Å². The average molecular weight is 553 g/mol. The van der Waals surface area contributed by atoms with Gasteiger partial charge in [-0.15, -0.1) is 0 Å². The Morgan fingerprint density at radius 1 is 0.512 bits per heavy atom. The zero-order chi connectivity index (χ0) is 30.0. The molecule has 0 spiro atoms. The maximum Gasteiger partial charge on any atom is 0.0511 e. The lowest BCUT2D eigenvalue weighted by molar-refractivity contribution is 0.975. The molecule has 6 aromatic carbocycles. The van der Waals surface area contributed by atoms with Gasteiger partial charge in [0.2, 0.25) is 0 Å². The molecule has 2 heteroatoms. The lowest BCUT2D eigenvalue weighted by Gasteiger charge is -2.26. The first-order valence-corrected chi connectivity index (χ1v) is 13.9. The number of nitrogens with zero attached hydrogens (tertiary/aromatic N) is 1. The van der Waals surface area contributed by atoms with E-state index in [0.29, 0.717) is 0 Å². The predicted octanol–water partition coefficient (Wildman–Crippen LogP) is 10.7. The van der Waals surface area contributed by atoms with Crippen molar-refractivity contribution >= 4 is 26.9 Å². The Morgan fingerprint density at radius 2 is 0.976 bits per heavy atom. The van der Waals surface area contributed by atoms with Gasteiger partial charge in [-0.1, -0.05) is 127 Å². The Labute approximate surface area is 250 Å². The summed E-state index contributed by atoms with van der Waals surface area (Å²) in [7, 11) is -0.417. The van der Waals surface area contributed by atoms with E-state index in [1.165, 1.54) is 38.9 Å². The van der Waals surface area contributed by atoms with Crippen LogP contribution in [0.15, 0.2) is 158 Å². The van der Waals surface area contributed by atoms with Crippen LogP contribution in [0.5, 0.6) is 0 Å². The van der Waals surface area contributed by atoms with Gasteiger partial charge >= 0.3 is 0 Å². The fraction of sp³-hybridized carbons (Fsp3) is 0.0769. The summed E-state index contributed by atoms with van der Waals surface area (Å²) in [5.41, 5.74) is 12.3.